The van der Waals surface area contributed by atoms with Gasteiger partial charge in [0.05, 0.1) is 6.54 Å². The number of hydrogen-bond acceptors (Lipinski definition) is 4. The molecule has 0 atom stereocenters. The van der Waals surface area contributed by atoms with Gasteiger partial charge in [0.15, 0.2) is 5.96 Å². The molecule has 1 saturated heterocycles. The van der Waals surface area contributed by atoms with Crippen molar-refractivity contribution in [3.05, 3.63) is 59.8 Å². The lowest BCUT2D eigenvalue weighted by Crippen LogP contribution is -2.49. The van der Waals surface area contributed by atoms with Crippen LogP contribution in [0, 0.1) is 6.92 Å². The molecule has 1 aromatic heterocycles. The summed E-state index contributed by atoms with van der Waals surface area (Å²) in [6.45, 7) is 9.32. The fourth-order valence-corrected chi connectivity index (χ4v) is 3.73. The first-order chi connectivity index (χ1) is 15.1. The van der Waals surface area contributed by atoms with Gasteiger partial charge in [-0.05, 0) is 37.1 Å². The number of benzene rings is 1. The Bertz CT molecular complexity index is 868. The second kappa shape index (κ2) is 13.2. The summed E-state index contributed by atoms with van der Waals surface area (Å²) in [5, 5.41) is 3.34. The van der Waals surface area contributed by atoms with Crippen LogP contribution in [0.3, 0.4) is 0 Å². The van der Waals surface area contributed by atoms with Crippen molar-refractivity contribution < 1.29 is 4.79 Å². The topological polar surface area (TPSA) is 64.1 Å². The Morgan fingerprint density at radius 1 is 1.12 bits per heavy atom. The van der Waals surface area contributed by atoms with Crippen LogP contribution >= 0.6 is 24.0 Å². The molecule has 3 rings (SSSR count). The van der Waals surface area contributed by atoms with Crippen LogP contribution in [0.5, 0.6) is 0 Å². The van der Waals surface area contributed by atoms with Crippen molar-refractivity contribution in [2.24, 2.45) is 4.99 Å². The van der Waals surface area contributed by atoms with Crippen molar-refractivity contribution in [3.63, 3.8) is 0 Å². The number of aryl methyl sites for hydroxylation is 1. The second-order valence-corrected chi connectivity index (χ2v) is 7.82. The fourth-order valence-electron chi connectivity index (χ4n) is 3.73. The Hall–Kier alpha value is -2.36. The molecule has 1 aliphatic rings. The van der Waals surface area contributed by atoms with Crippen molar-refractivity contribution in [2.45, 2.75) is 26.8 Å². The fraction of sp³-hybridized carbons (Fsp3) is 0.458. The van der Waals surface area contributed by atoms with E-state index in [0.717, 1.165) is 51.0 Å². The molecule has 0 bridgehead atoms. The molecule has 0 unspecified atom stereocenters. The number of carbonyl (C=O) groups is 1. The Labute approximate surface area is 208 Å². The minimum Gasteiger partial charge on any atom is -0.357 e. The molecule has 174 valence electrons. The van der Waals surface area contributed by atoms with Crippen LogP contribution in [0.25, 0.3) is 0 Å². The monoisotopic (exact) mass is 550 g/mol. The normalized spacial score (nSPS) is 14.0. The summed E-state index contributed by atoms with van der Waals surface area (Å²) >= 11 is 0. The molecule has 2 aromatic rings. The van der Waals surface area contributed by atoms with Gasteiger partial charge >= 0.3 is 0 Å². The zero-order valence-electron chi connectivity index (χ0n) is 19.3. The number of halogens is 1. The van der Waals surface area contributed by atoms with Crippen molar-refractivity contribution in [1.82, 2.24) is 20.1 Å². The number of aliphatic imine (C=N–C) groups is 1. The Kier molecular flexibility index (Phi) is 10.7. The maximum Gasteiger partial charge on any atom is 0.224 e. The summed E-state index contributed by atoms with van der Waals surface area (Å²) in [4.78, 5) is 28.1. The summed E-state index contributed by atoms with van der Waals surface area (Å²) in [6.07, 6.45) is 2.24. The molecule has 0 radical (unpaired) electrons. The molecular formula is C24H35IN6O. The quantitative estimate of drug-likeness (QED) is 0.326. The van der Waals surface area contributed by atoms with Crippen molar-refractivity contribution >= 4 is 41.7 Å². The van der Waals surface area contributed by atoms with Crippen LogP contribution in [0.15, 0.2) is 53.7 Å². The van der Waals surface area contributed by atoms with Crippen molar-refractivity contribution in [1.29, 1.82) is 0 Å². The Morgan fingerprint density at radius 3 is 2.50 bits per heavy atom. The molecule has 1 N–H and O–H groups in total. The number of rotatable bonds is 7. The van der Waals surface area contributed by atoms with Gasteiger partial charge in [-0.25, -0.2) is 4.98 Å². The average Bonchev–Trinajstić information content (AvgIpc) is 2.80. The summed E-state index contributed by atoms with van der Waals surface area (Å²) in [7, 11) is 2.03. The highest BCUT2D eigenvalue weighted by Crippen LogP contribution is 2.13. The molecule has 8 heteroatoms. The predicted molar refractivity (Wildman–Crippen MR) is 142 cm³/mol. The smallest absolute Gasteiger partial charge is 0.224 e. The highest BCUT2D eigenvalue weighted by molar-refractivity contribution is 14.0. The molecule has 0 saturated carbocycles. The van der Waals surface area contributed by atoms with Crippen molar-refractivity contribution in [3.8, 4) is 0 Å². The van der Waals surface area contributed by atoms with E-state index in [0.29, 0.717) is 13.0 Å². The molecule has 0 spiro atoms. The van der Waals surface area contributed by atoms with E-state index in [2.05, 4.69) is 58.2 Å². The van der Waals surface area contributed by atoms with Gasteiger partial charge in [-0.1, -0.05) is 30.3 Å². The van der Waals surface area contributed by atoms with E-state index in [4.69, 9.17) is 4.99 Å². The second-order valence-electron chi connectivity index (χ2n) is 7.82. The summed E-state index contributed by atoms with van der Waals surface area (Å²) in [5.74, 6) is 1.98. The summed E-state index contributed by atoms with van der Waals surface area (Å²) in [5.41, 5.74) is 2.54. The maximum atomic E-state index is 12.7. The maximum absolute atomic E-state index is 12.7. The standard InChI is InChI=1S/C24H34N6O.HI/c1-4-25-24(28(3)19-21-10-6-5-9-20(21)2)27-14-12-23(31)30-17-15-29(16-18-30)22-11-7-8-13-26-22;/h5-11,13H,4,12,14-19H2,1-3H3,(H,25,27);1H. The first kappa shape index (κ1) is 25.9. The predicted octanol–water partition coefficient (Wildman–Crippen LogP) is 3.14. The molecule has 1 aliphatic heterocycles. The zero-order valence-corrected chi connectivity index (χ0v) is 21.7. The summed E-state index contributed by atoms with van der Waals surface area (Å²) in [6, 6.07) is 14.3. The number of aromatic nitrogens is 1. The Balaban J connectivity index is 0.00000363. The molecule has 0 aliphatic carbocycles. The van der Waals surface area contributed by atoms with Crippen LogP contribution in [0.2, 0.25) is 0 Å². The SMILES string of the molecule is CCNC(=NCCC(=O)N1CCN(c2ccccn2)CC1)N(C)Cc1ccccc1C.I. The number of nitrogens with one attached hydrogen (secondary N) is 1. The molecule has 1 fully saturated rings. The zero-order chi connectivity index (χ0) is 22.1. The Morgan fingerprint density at radius 2 is 1.84 bits per heavy atom. The lowest BCUT2D eigenvalue weighted by atomic mass is 10.1. The van der Waals surface area contributed by atoms with Gasteiger partial charge in [0.25, 0.3) is 0 Å². The number of piperazine rings is 1. The third-order valence-corrected chi connectivity index (χ3v) is 5.56. The lowest BCUT2D eigenvalue weighted by molar-refractivity contribution is -0.131. The van der Waals surface area contributed by atoms with Crippen LogP contribution in [-0.2, 0) is 11.3 Å². The third kappa shape index (κ3) is 7.36. The van der Waals surface area contributed by atoms with Gasteiger partial charge in [0, 0.05) is 58.9 Å². The van der Waals surface area contributed by atoms with Crippen LogP contribution in [0.4, 0.5) is 5.82 Å². The molecule has 32 heavy (non-hydrogen) atoms. The lowest BCUT2D eigenvalue weighted by Gasteiger charge is -2.35. The molecule has 2 heterocycles. The van der Waals surface area contributed by atoms with Gasteiger partial charge < -0.3 is 20.0 Å². The third-order valence-electron chi connectivity index (χ3n) is 5.56. The average molecular weight is 550 g/mol. The molecule has 1 amide bonds. The number of pyridine rings is 1. The number of guanidine groups is 1. The van der Waals surface area contributed by atoms with Crippen molar-refractivity contribution in [2.75, 3.05) is 51.2 Å². The minimum atomic E-state index is 0. The summed E-state index contributed by atoms with van der Waals surface area (Å²) < 4.78 is 0. The molecule has 1 aromatic carbocycles. The highest BCUT2D eigenvalue weighted by atomic mass is 127. The van der Waals surface area contributed by atoms with E-state index in [1.54, 1.807) is 0 Å². The van der Waals surface area contributed by atoms with E-state index < -0.39 is 0 Å². The van der Waals surface area contributed by atoms with Gasteiger partial charge in [-0.3, -0.25) is 9.79 Å². The van der Waals surface area contributed by atoms with Gasteiger partial charge in [0.1, 0.15) is 5.82 Å². The number of amides is 1. The highest BCUT2D eigenvalue weighted by Gasteiger charge is 2.21. The van der Waals surface area contributed by atoms with E-state index >= 15 is 0 Å². The van der Waals surface area contributed by atoms with Crippen LogP contribution < -0.4 is 10.2 Å². The first-order valence-electron chi connectivity index (χ1n) is 11.1. The van der Waals surface area contributed by atoms with Gasteiger partial charge in [0.2, 0.25) is 5.91 Å². The van der Waals surface area contributed by atoms with Crippen LogP contribution in [0.1, 0.15) is 24.5 Å². The van der Waals surface area contributed by atoms with Gasteiger partial charge in [-0.15, -0.1) is 24.0 Å². The van der Waals surface area contributed by atoms with Gasteiger partial charge in [-0.2, -0.15) is 0 Å². The van der Waals surface area contributed by atoms with E-state index in [1.807, 2.05) is 36.3 Å². The largest absolute Gasteiger partial charge is 0.357 e. The number of anilines is 1. The number of nitrogens with zero attached hydrogens (tertiary/aromatic N) is 5. The van der Waals surface area contributed by atoms with Crippen LogP contribution in [-0.4, -0.2) is 73.0 Å². The number of hydrogen-bond donors (Lipinski definition) is 1. The molecule has 7 nitrogen and oxygen atoms in total. The van der Waals surface area contributed by atoms with E-state index in [9.17, 15) is 4.79 Å². The van der Waals surface area contributed by atoms with E-state index in [-0.39, 0.29) is 29.9 Å². The number of carbonyl (C=O) groups excluding carboxylic acids is 1. The molecular weight excluding hydrogens is 515 g/mol. The minimum absolute atomic E-state index is 0. The first-order valence-corrected chi connectivity index (χ1v) is 11.1. The van der Waals surface area contributed by atoms with E-state index in [1.165, 1.54) is 11.1 Å².